The Morgan fingerprint density at radius 1 is 1.54 bits per heavy atom. The van der Waals surface area contributed by atoms with Crippen LogP contribution in [0.25, 0.3) is 0 Å². The van der Waals surface area contributed by atoms with Crippen molar-refractivity contribution in [3.05, 3.63) is 28.2 Å². The Bertz CT molecular complexity index is 325. The summed E-state index contributed by atoms with van der Waals surface area (Å²) in [6.45, 7) is 0. The van der Waals surface area contributed by atoms with Gasteiger partial charge in [0, 0.05) is 12.7 Å². The van der Waals surface area contributed by atoms with E-state index in [-0.39, 0.29) is 5.97 Å². The van der Waals surface area contributed by atoms with Gasteiger partial charge in [0.1, 0.15) is 0 Å². The molecule has 4 heteroatoms. The Morgan fingerprint density at radius 2 is 2.23 bits per heavy atom. The van der Waals surface area contributed by atoms with Gasteiger partial charge in [0.2, 0.25) is 0 Å². The number of methoxy groups -OCH3 is 1. The number of esters is 1. The second-order valence-corrected chi connectivity index (χ2v) is 3.20. The van der Waals surface area contributed by atoms with Crippen LogP contribution in [0.3, 0.4) is 0 Å². The highest BCUT2D eigenvalue weighted by Crippen LogP contribution is 2.26. The highest BCUT2D eigenvalue weighted by Gasteiger charge is 2.11. The fraction of sp³-hybridized carbons (Fsp3) is 0.222. The van der Waals surface area contributed by atoms with Crippen molar-refractivity contribution >= 4 is 27.6 Å². The molecule has 0 aromatic heterocycles. The predicted molar refractivity (Wildman–Crippen MR) is 55.0 cm³/mol. The quantitative estimate of drug-likeness (QED) is 0.811. The van der Waals surface area contributed by atoms with E-state index in [1.165, 1.54) is 7.11 Å². The second kappa shape index (κ2) is 4.28. The summed E-state index contributed by atoms with van der Waals surface area (Å²) in [7, 11) is 3.15. The molecule has 0 spiro atoms. The zero-order valence-corrected chi connectivity index (χ0v) is 9.01. The maximum atomic E-state index is 11.2. The normalized spacial score (nSPS) is 9.46. The molecule has 0 aliphatic rings. The van der Waals surface area contributed by atoms with Crippen molar-refractivity contribution in [1.82, 2.24) is 0 Å². The van der Waals surface area contributed by atoms with Crippen molar-refractivity contribution in [2.75, 3.05) is 19.5 Å². The molecular weight excluding hydrogens is 234 g/mol. The summed E-state index contributed by atoms with van der Waals surface area (Å²) < 4.78 is 5.35. The fourth-order valence-corrected chi connectivity index (χ4v) is 1.62. The first-order valence-corrected chi connectivity index (χ1v) is 4.54. The standard InChI is InChI=1S/C9H10BrNO2/c1-11-7-5-3-4-6(8(7)10)9(12)13-2/h3-5,11H,1-2H3. The Balaban J connectivity index is 3.15. The number of benzene rings is 1. The SMILES string of the molecule is CNc1cccc(C(=O)OC)c1Br. The maximum Gasteiger partial charge on any atom is 0.339 e. The number of anilines is 1. The number of nitrogens with one attached hydrogen (secondary N) is 1. The van der Waals surface area contributed by atoms with Crippen LogP contribution in [0.5, 0.6) is 0 Å². The molecule has 0 aliphatic heterocycles. The van der Waals surface area contributed by atoms with Gasteiger partial charge in [-0.3, -0.25) is 0 Å². The Labute approximate surface area is 85.2 Å². The first-order valence-electron chi connectivity index (χ1n) is 3.75. The lowest BCUT2D eigenvalue weighted by molar-refractivity contribution is 0.0600. The van der Waals surface area contributed by atoms with Crippen LogP contribution in [0.2, 0.25) is 0 Å². The van der Waals surface area contributed by atoms with Crippen LogP contribution in [0.15, 0.2) is 22.7 Å². The topological polar surface area (TPSA) is 38.3 Å². The molecule has 0 fully saturated rings. The summed E-state index contributed by atoms with van der Waals surface area (Å²) in [5.74, 6) is -0.344. The zero-order chi connectivity index (χ0) is 9.84. The van der Waals surface area contributed by atoms with Gasteiger partial charge >= 0.3 is 5.97 Å². The van der Waals surface area contributed by atoms with Crippen molar-refractivity contribution in [3.63, 3.8) is 0 Å². The second-order valence-electron chi connectivity index (χ2n) is 2.41. The molecule has 1 aromatic rings. The number of rotatable bonds is 2. The third-order valence-electron chi connectivity index (χ3n) is 1.67. The summed E-state index contributed by atoms with van der Waals surface area (Å²) in [6.07, 6.45) is 0. The molecule has 0 unspecified atom stereocenters. The Kier molecular flexibility index (Phi) is 3.31. The lowest BCUT2D eigenvalue weighted by atomic mass is 10.2. The predicted octanol–water partition coefficient (Wildman–Crippen LogP) is 2.28. The molecule has 1 rings (SSSR count). The largest absolute Gasteiger partial charge is 0.465 e. The van der Waals surface area contributed by atoms with Crippen molar-refractivity contribution < 1.29 is 9.53 Å². The summed E-state index contributed by atoms with van der Waals surface area (Å²) in [4.78, 5) is 11.2. The van der Waals surface area contributed by atoms with E-state index in [4.69, 9.17) is 0 Å². The third kappa shape index (κ3) is 2.01. The molecule has 0 heterocycles. The summed E-state index contributed by atoms with van der Waals surface area (Å²) in [5, 5.41) is 2.96. The first kappa shape index (κ1) is 10.1. The highest BCUT2D eigenvalue weighted by molar-refractivity contribution is 9.10. The summed E-state index contributed by atoms with van der Waals surface area (Å²) in [6, 6.07) is 5.37. The van der Waals surface area contributed by atoms with E-state index in [2.05, 4.69) is 26.0 Å². The molecule has 1 N–H and O–H groups in total. The van der Waals surface area contributed by atoms with E-state index in [0.717, 1.165) is 10.2 Å². The van der Waals surface area contributed by atoms with Gasteiger partial charge < -0.3 is 10.1 Å². The fourth-order valence-electron chi connectivity index (χ4n) is 0.993. The van der Waals surface area contributed by atoms with Crippen LogP contribution < -0.4 is 5.32 Å². The maximum absolute atomic E-state index is 11.2. The zero-order valence-electron chi connectivity index (χ0n) is 7.43. The average molecular weight is 244 g/mol. The van der Waals surface area contributed by atoms with Crippen LogP contribution >= 0.6 is 15.9 Å². The van der Waals surface area contributed by atoms with Gasteiger partial charge in [-0.2, -0.15) is 0 Å². The highest BCUT2D eigenvalue weighted by atomic mass is 79.9. The van der Waals surface area contributed by atoms with Crippen LogP contribution in [0.1, 0.15) is 10.4 Å². The van der Waals surface area contributed by atoms with Gasteiger partial charge in [0.15, 0.2) is 0 Å². The number of hydrogen-bond donors (Lipinski definition) is 1. The molecule has 13 heavy (non-hydrogen) atoms. The van der Waals surface area contributed by atoms with Gasteiger partial charge in [-0.25, -0.2) is 4.79 Å². The molecular formula is C9H10BrNO2. The minimum Gasteiger partial charge on any atom is -0.465 e. The van der Waals surface area contributed by atoms with E-state index < -0.39 is 0 Å². The van der Waals surface area contributed by atoms with E-state index in [0.29, 0.717) is 5.56 Å². The number of hydrogen-bond acceptors (Lipinski definition) is 3. The lowest BCUT2D eigenvalue weighted by Crippen LogP contribution is -2.03. The molecule has 3 nitrogen and oxygen atoms in total. The van der Waals surface area contributed by atoms with Gasteiger partial charge in [0.05, 0.1) is 17.1 Å². The molecule has 0 aliphatic carbocycles. The first-order chi connectivity index (χ1) is 6.20. The lowest BCUT2D eigenvalue weighted by Gasteiger charge is -2.07. The van der Waals surface area contributed by atoms with E-state index in [9.17, 15) is 4.79 Å². The number of ether oxygens (including phenoxy) is 1. The van der Waals surface area contributed by atoms with Gasteiger partial charge in [-0.15, -0.1) is 0 Å². The molecule has 70 valence electrons. The van der Waals surface area contributed by atoms with Gasteiger partial charge in [-0.1, -0.05) is 6.07 Å². The van der Waals surface area contributed by atoms with E-state index in [1.807, 2.05) is 6.07 Å². The van der Waals surface area contributed by atoms with Crippen molar-refractivity contribution in [2.45, 2.75) is 0 Å². The minimum atomic E-state index is -0.344. The number of carbonyl (C=O) groups excluding carboxylic acids is 1. The molecule has 0 saturated heterocycles. The van der Waals surface area contributed by atoms with Gasteiger partial charge in [0.25, 0.3) is 0 Å². The smallest absolute Gasteiger partial charge is 0.339 e. The van der Waals surface area contributed by atoms with Crippen LogP contribution in [0.4, 0.5) is 5.69 Å². The molecule has 0 saturated carbocycles. The van der Waals surface area contributed by atoms with Crippen LogP contribution in [0, 0.1) is 0 Å². The van der Waals surface area contributed by atoms with E-state index in [1.54, 1.807) is 19.2 Å². The van der Waals surface area contributed by atoms with Gasteiger partial charge in [-0.05, 0) is 28.1 Å². The Hall–Kier alpha value is -1.03. The third-order valence-corrected chi connectivity index (χ3v) is 2.53. The van der Waals surface area contributed by atoms with Crippen molar-refractivity contribution in [1.29, 1.82) is 0 Å². The van der Waals surface area contributed by atoms with Crippen LogP contribution in [-0.4, -0.2) is 20.1 Å². The molecule has 0 atom stereocenters. The van der Waals surface area contributed by atoms with Crippen molar-refractivity contribution in [2.24, 2.45) is 0 Å². The number of carbonyl (C=O) groups is 1. The minimum absolute atomic E-state index is 0.344. The molecule has 0 bridgehead atoms. The summed E-state index contributed by atoms with van der Waals surface area (Å²) in [5.41, 5.74) is 1.39. The Morgan fingerprint density at radius 3 is 2.77 bits per heavy atom. The molecule has 1 aromatic carbocycles. The average Bonchev–Trinajstić information content (AvgIpc) is 2.17. The monoisotopic (exact) mass is 243 g/mol. The summed E-state index contributed by atoms with van der Waals surface area (Å²) >= 11 is 3.32. The van der Waals surface area contributed by atoms with Crippen LogP contribution in [-0.2, 0) is 4.74 Å². The molecule has 0 radical (unpaired) electrons. The number of halogens is 1. The molecule has 0 amide bonds. The van der Waals surface area contributed by atoms with Crippen molar-refractivity contribution in [3.8, 4) is 0 Å². The van der Waals surface area contributed by atoms with E-state index >= 15 is 0 Å².